The summed E-state index contributed by atoms with van der Waals surface area (Å²) < 4.78 is 5.09. The summed E-state index contributed by atoms with van der Waals surface area (Å²) in [6.45, 7) is 5.00. The summed E-state index contributed by atoms with van der Waals surface area (Å²) >= 11 is 1.56. The zero-order chi connectivity index (χ0) is 21.2. The molecule has 2 aliphatic rings. The number of thioether (sulfide) groups is 1. The maximum Gasteiger partial charge on any atom is 0.330 e. The molecule has 0 spiro atoms. The van der Waals surface area contributed by atoms with Crippen molar-refractivity contribution in [2.45, 2.75) is 44.5 Å². The number of carbonyl (C=O) groups is 4. The number of fused-ring (bicyclic) bond motifs is 1. The Bertz CT molecular complexity index is 838. The van der Waals surface area contributed by atoms with E-state index in [9.17, 15) is 19.2 Å². The van der Waals surface area contributed by atoms with E-state index in [1.165, 1.54) is 0 Å². The highest BCUT2D eigenvalue weighted by Gasteiger charge is 2.53. The number of anilines is 1. The molecule has 0 aliphatic carbocycles. The number of hydrogen-bond donors (Lipinski definition) is 2. The zero-order valence-electron chi connectivity index (χ0n) is 16.7. The Morgan fingerprint density at radius 3 is 2.62 bits per heavy atom. The molecule has 8 nitrogen and oxygen atoms in total. The fraction of sp³-hybridized carbons (Fsp3) is 0.500. The Balaban J connectivity index is 1.44. The van der Waals surface area contributed by atoms with E-state index >= 15 is 0 Å². The molecule has 29 heavy (non-hydrogen) atoms. The van der Waals surface area contributed by atoms with Crippen LogP contribution in [0.3, 0.4) is 0 Å². The first-order valence-corrected chi connectivity index (χ1v) is 10.5. The number of amides is 3. The number of nitrogens with one attached hydrogen (secondary N) is 2. The van der Waals surface area contributed by atoms with Gasteiger partial charge >= 0.3 is 5.97 Å². The number of aryl methyl sites for hydroxylation is 2. The van der Waals surface area contributed by atoms with Crippen molar-refractivity contribution in [1.29, 1.82) is 0 Å². The lowest BCUT2D eigenvalue weighted by Crippen LogP contribution is -2.47. The van der Waals surface area contributed by atoms with Crippen molar-refractivity contribution in [3.63, 3.8) is 0 Å². The Morgan fingerprint density at radius 1 is 1.24 bits per heavy atom. The SMILES string of the molecule is Cc1cccc(C)c1NC(=O)CNC(=O)COC(=O)[C@H]1CS[C@]2(C)CCC(=O)N12. The van der Waals surface area contributed by atoms with Crippen molar-refractivity contribution < 1.29 is 23.9 Å². The number of carbonyl (C=O) groups excluding carboxylic acids is 4. The first-order valence-electron chi connectivity index (χ1n) is 9.47. The molecule has 3 rings (SSSR count). The van der Waals surface area contributed by atoms with E-state index in [4.69, 9.17) is 4.74 Å². The summed E-state index contributed by atoms with van der Waals surface area (Å²) in [6.07, 6.45) is 1.12. The van der Waals surface area contributed by atoms with Gasteiger partial charge in [-0.25, -0.2) is 4.79 Å². The summed E-state index contributed by atoms with van der Waals surface area (Å²) in [5.41, 5.74) is 2.57. The molecule has 0 radical (unpaired) electrons. The molecule has 2 N–H and O–H groups in total. The Labute approximate surface area is 173 Å². The lowest BCUT2D eigenvalue weighted by Gasteiger charge is -2.29. The minimum atomic E-state index is -0.667. The lowest BCUT2D eigenvalue weighted by atomic mass is 10.1. The van der Waals surface area contributed by atoms with Gasteiger partial charge in [0.05, 0.1) is 11.4 Å². The highest BCUT2D eigenvalue weighted by Crippen LogP contribution is 2.47. The van der Waals surface area contributed by atoms with Gasteiger partial charge in [0.1, 0.15) is 6.04 Å². The smallest absolute Gasteiger partial charge is 0.330 e. The van der Waals surface area contributed by atoms with Crippen LogP contribution in [0.1, 0.15) is 30.9 Å². The summed E-state index contributed by atoms with van der Waals surface area (Å²) in [4.78, 5) is 49.7. The molecular formula is C20H25N3O5S. The van der Waals surface area contributed by atoms with Crippen molar-refractivity contribution in [2.24, 2.45) is 0 Å². The van der Waals surface area contributed by atoms with Crippen LogP contribution in [0.15, 0.2) is 18.2 Å². The van der Waals surface area contributed by atoms with Gasteiger partial charge in [0, 0.05) is 17.9 Å². The third-order valence-corrected chi connectivity index (χ3v) is 6.76. The van der Waals surface area contributed by atoms with Crippen LogP contribution in [0.25, 0.3) is 0 Å². The van der Waals surface area contributed by atoms with Crippen molar-refractivity contribution in [2.75, 3.05) is 24.2 Å². The zero-order valence-corrected chi connectivity index (χ0v) is 17.6. The topological polar surface area (TPSA) is 105 Å². The predicted octanol–water partition coefficient (Wildman–Crippen LogP) is 1.36. The number of hydrogen-bond acceptors (Lipinski definition) is 6. The molecule has 0 aromatic heterocycles. The molecular weight excluding hydrogens is 394 g/mol. The average molecular weight is 420 g/mol. The minimum Gasteiger partial charge on any atom is -0.454 e. The molecule has 2 heterocycles. The molecule has 1 aromatic carbocycles. The minimum absolute atomic E-state index is 0.0629. The average Bonchev–Trinajstić information content (AvgIpc) is 3.17. The molecule has 0 unspecified atom stereocenters. The van der Waals surface area contributed by atoms with Crippen LogP contribution >= 0.6 is 11.8 Å². The van der Waals surface area contributed by atoms with Crippen LogP contribution in [0, 0.1) is 13.8 Å². The molecule has 9 heteroatoms. The maximum atomic E-state index is 12.3. The number of ether oxygens (including phenoxy) is 1. The maximum absolute atomic E-state index is 12.3. The molecule has 0 bridgehead atoms. The molecule has 2 atom stereocenters. The van der Waals surface area contributed by atoms with Crippen LogP contribution in [0.2, 0.25) is 0 Å². The predicted molar refractivity (Wildman–Crippen MR) is 109 cm³/mol. The Morgan fingerprint density at radius 2 is 1.93 bits per heavy atom. The van der Waals surface area contributed by atoms with Gasteiger partial charge in [-0.2, -0.15) is 0 Å². The third kappa shape index (κ3) is 4.55. The first kappa shape index (κ1) is 21.2. The largest absolute Gasteiger partial charge is 0.454 e. The molecule has 156 valence electrons. The number of benzene rings is 1. The molecule has 0 saturated carbocycles. The van der Waals surface area contributed by atoms with E-state index in [2.05, 4.69) is 10.6 Å². The first-order chi connectivity index (χ1) is 13.7. The van der Waals surface area contributed by atoms with E-state index in [1.54, 1.807) is 16.7 Å². The molecule has 2 fully saturated rings. The Kier molecular flexibility index (Phi) is 6.16. The van der Waals surface area contributed by atoms with Crippen LogP contribution in [0.4, 0.5) is 5.69 Å². The van der Waals surface area contributed by atoms with E-state index in [-0.39, 0.29) is 23.2 Å². The number of esters is 1. The van der Waals surface area contributed by atoms with Crippen LogP contribution < -0.4 is 10.6 Å². The Hall–Kier alpha value is -2.55. The van der Waals surface area contributed by atoms with Gasteiger partial charge in [-0.1, -0.05) is 18.2 Å². The highest BCUT2D eigenvalue weighted by molar-refractivity contribution is 8.01. The van der Waals surface area contributed by atoms with Crippen molar-refractivity contribution in [3.05, 3.63) is 29.3 Å². The van der Waals surface area contributed by atoms with Gasteiger partial charge in [0.15, 0.2) is 6.61 Å². The van der Waals surface area contributed by atoms with Gasteiger partial charge in [0.2, 0.25) is 11.8 Å². The van der Waals surface area contributed by atoms with E-state index in [0.29, 0.717) is 18.6 Å². The number of rotatable bonds is 6. The van der Waals surface area contributed by atoms with Gasteiger partial charge in [-0.3, -0.25) is 14.4 Å². The highest BCUT2D eigenvalue weighted by atomic mass is 32.2. The molecule has 2 aliphatic heterocycles. The quantitative estimate of drug-likeness (QED) is 0.675. The van der Waals surface area contributed by atoms with Crippen LogP contribution in [-0.4, -0.2) is 58.4 Å². The van der Waals surface area contributed by atoms with Gasteiger partial charge in [-0.05, 0) is 38.3 Å². The fourth-order valence-electron chi connectivity index (χ4n) is 3.65. The third-order valence-electron chi connectivity index (χ3n) is 5.25. The summed E-state index contributed by atoms with van der Waals surface area (Å²) in [5.74, 6) is -1.14. The summed E-state index contributed by atoms with van der Waals surface area (Å²) in [7, 11) is 0. The van der Waals surface area contributed by atoms with Gasteiger partial charge < -0.3 is 20.3 Å². The van der Waals surface area contributed by atoms with Crippen molar-refractivity contribution in [1.82, 2.24) is 10.2 Å². The molecule has 2 saturated heterocycles. The normalized spacial score (nSPS) is 22.9. The van der Waals surface area contributed by atoms with Gasteiger partial charge in [0.25, 0.3) is 5.91 Å². The summed E-state index contributed by atoms with van der Waals surface area (Å²) in [5, 5.41) is 5.21. The van der Waals surface area contributed by atoms with E-state index in [0.717, 1.165) is 16.8 Å². The second-order valence-corrected chi connectivity index (χ2v) is 8.97. The lowest BCUT2D eigenvalue weighted by molar-refractivity contribution is -0.156. The van der Waals surface area contributed by atoms with E-state index in [1.807, 2.05) is 39.0 Å². The number of para-hydroxylation sites is 1. The van der Waals surface area contributed by atoms with Crippen molar-refractivity contribution in [3.8, 4) is 0 Å². The van der Waals surface area contributed by atoms with Crippen LogP contribution in [0.5, 0.6) is 0 Å². The second kappa shape index (κ2) is 8.44. The standard InChI is InChI=1S/C20H25N3O5S/c1-12-5-4-6-13(2)18(12)22-15(24)9-21-16(25)10-28-19(27)14-11-29-20(3)8-7-17(26)23(14)20/h4-6,14H,7-11H2,1-3H3,(H,21,25)(H,22,24)/t14-,20-/m1/s1. The van der Waals surface area contributed by atoms with Gasteiger partial charge in [-0.15, -0.1) is 11.8 Å². The van der Waals surface area contributed by atoms with Crippen molar-refractivity contribution >= 4 is 41.1 Å². The number of nitrogens with zero attached hydrogens (tertiary/aromatic N) is 1. The van der Waals surface area contributed by atoms with E-state index < -0.39 is 24.5 Å². The molecule has 3 amide bonds. The second-order valence-electron chi connectivity index (χ2n) is 7.46. The fourth-order valence-corrected chi connectivity index (χ4v) is 5.07. The van der Waals surface area contributed by atoms with Crippen LogP contribution in [-0.2, 0) is 23.9 Å². The monoisotopic (exact) mass is 419 g/mol. The molecule has 1 aromatic rings. The summed E-state index contributed by atoms with van der Waals surface area (Å²) in [6, 6.07) is 5.01.